The Kier molecular flexibility index (Phi) is 5.05. The summed E-state index contributed by atoms with van der Waals surface area (Å²) in [5.41, 5.74) is 3.81. The Morgan fingerprint density at radius 2 is 1.79 bits per heavy atom. The number of aliphatic hydroxyl groups excluding tert-OH is 1. The van der Waals surface area contributed by atoms with Crippen LogP contribution in [0.5, 0.6) is 0 Å². The first kappa shape index (κ1) is 16.8. The molecule has 24 heavy (non-hydrogen) atoms. The van der Waals surface area contributed by atoms with Gasteiger partial charge in [-0.25, -0.2) is 4.39 Å². The molecule has 0 aromatic heterocycles. The van der Waals surface area contributed by atoms with E-state index >= 15 is 0 Å². The van der Waals surface area contributed by atoms with Gasteiger partial charge >= 0.3 is 0 Å². The van der Waals surface area contributed by atoms with Crippen LogP contribution >= 0.6 is 0 Å². The Hall–Kier alpha value is -2.07. The summed E-state index contributed by atoms with van der Waals surface area (Å²) in [6, 6.07) is 13.8. The van der Waals surface area contributed by atoms with Crippen molar-refractivity contribution in [2.45, 2.75) is 38.8 Å². The molecule has 1 fully saturated rings. The van der Waals surface area contributed by atoms with Crippen LogP contribution in [-0.4, -0.2) is 24.3 Å². The second-order valence-electron chi connectivity index (χ2n) is 6.64. The zero-order chi connectivity index (χ0) is 17.1. The summed E-state index contributed by atoms with van der Waals surface area (Å²) in [5, 5.41) is 13.0. The van der Waals surface area contributed by atoms with Crippen molar-refractivity contribution in [3.8, 4) is 0 Å². The van der Waals surface area contributed by atoms with E-state index in [9.17, 15) is 9.50 Å². The zero-order valence-corrected chi connectivity index (χ0v) is 14.3. The quantitative estimate of drug-likeness (QED) is 0.880. The lowest BCUT2D eigenvalue weighted by Gasteiger charge is -2.31. The van der Waals surface area contributed by atoms with Crippen molar-refractivity contribution < 1.29 is 9.50 Å². The van der Waals surface area contributed by atoms with Gasteiger partial charge in [0.2, 0.25) is 0 Å². The predicted octanol–water partition coefficient (Wildman–Crippen LogP) is 4.27. The highest BCUT2D eigenvalue weighted by Crippen LogP contribution is 2.25. The largest absolute Gasteiger partial charge is 0.393 e. The third-order valence-corrected chi connectivity index (χ3v) is 4.78. The van der Waals surface area contributed by atoms with Crippen molar-refractivity contribution in [1.29, 1.82) is 0 Å². The van der Waals surface area contributed by atoms with Gasteiger partial charge in [-0.2, -0.15) is 0 Å². The summed E-state index contributed by atoms with van der Waals surface area (Å²) >= 11 is 0. The summed E-state index contributed by atoms with van der Waals surface area (Å²) in [7, 11) is 0. The molecule has 0 bridgehead atoms. The summed E-state index contributed by atoms with van der Waals surface area (Å²) in [6.45, 7) is 5.64. The van der Waals surface area contributed by atoms with E-state index in [2.05, 4.69) is 41.4 Å². The van der Waals surface area contributed by atoms with Crippen LogP contribution in [0.2, 0.25) is 0 Å². The number of benzene rings is 2. The molecule has 0 radical (unpaired) electrons. The van der Waals surface area contributed by atoms with Gasteiger partial charge in [-0.1, -0.05) is 18.2 Å². The molecule has 3 rings (SSSR count). The number of hydrogen-bond donors (Lipinski definition) is 2. The second-order valence-corrected chi connectivity index (χ2v) is 6.64. The third kappa shape index (κ3) is 3.88. The van der Waals surface area contributed by atoms with Gasteiger partial charge in [-0.05, 0) is 62.1 Å². The van der Waals surface area contributed by atoms with E-state index in [1.807, 2.05) is 6.07 Å². The fraction of sp³-hybridized carbons (Fsp3) is 0.400. The lowest BCUT2D eigenvalue weighted by Crippen LogP contribution is -2.35. The van der Waals surface area contributed by atoms with Gasteiger partial charge in [0, 0.05) is 30.5 Å². The van der Waals surface area contributed by atoms with Crippen LogP contribution in [-0.2, 0) is 0 Å². The van der Waals surface area contributed by atoms with Crippen molar-refractivity contribution in [1.82, 2.24) is 0 Å². The molecule has 1 atom stereocenters. The summed E-state index contributed by atoms with van der Waals surface area (Å²) < 4.78 is 13.7. The van der Waals surface area contributed by atoms with E-state index in [1.54, 1.807) is 19.1 Å². The lowest BCUT2D eigenvalue weighted by molar-refractivity contribution is 0.145. The SMILES string of the molecule is Cc1ccc(NC(C)c2ccc(N3CCC(O)CC3)cc2)cc1F. The first-order valence-electron chi connectivity index (χ1n) is 8.58. The first-order chi connectivity index (χ1) is 11.5. The van der Waals surface area contributed by atoms with Crippen molar-refractivity contribution in [2.75, 3.05) is 23.3 Å². The maximum Gasteiger partial charge on any atom is 0.128 e. The van der Waals surface area contributed by atoms with Crippen LogP contribution in [0.1, 0.15) is 36.9 Å². The molecule has 2 aromatic carbocycles. The van der Waals surface area contributed by atoms with E-state index in [0.717, 1.165) is 37.2 Å². The average molecular weight is 328 g/mol. The Morgan fingerprint density at radius 3 is 2.42 bits per heavy atom. The smallest absolute Gasteiger partial charge is 0.128 e. The molecule has 2 N–H and O–H groups in total. The summed E-state index contributed by atoms with van der Waals surface area (Å²) in [5.74, 6) is -0.185. The molecule has 1 unspecified atom stereocenters. The van der Waals surface area contributed by atoms with Crippen molar-refractivity contribution in [3.05, 3.63) is 59.4 Å². The molecule has 4 heteroatoms. The maximum atomic E-state index is 13.7. The zero-order valence-electron chi connectivity index (χ0n) is 14.3. The van der Waals surface area contributed by atoms with Crippen molar-refractivity contribution in [3.63, 3.8) is 0 Å². The minimum absolute atomic E-state index is 0.101. The Morgan fingerprint density at radius 1 is 1.12 bits per heavy atom. The Balaban J connectivity index is 1.65. The maximum absolute atomic E-state index is 13.7. The van der Waals surface area contributed by atoms with E-state index in [1.165, 1.54) is 5.69 Å². The fourth-order valence-corrected chi connectivity index (χ4v) is 3.11. The van der Waals surface area contributed by atoms with Crippen LogP contribution in [0.4, 0.5) is 15.8 Å². The molecule has 1 aliphatic heterocycles. The highest BCUT2D eigenvalue weighted by Gasteiger charge is 2.17. The number of anilines is 2. The molecule has 2 aromatic rings. The van der Waals surface area contributed by atoms with Crippen LogP contribution in [0.15, 0.2) is 42.5 Å². The third-order valence-electron chi connectivity index (χ3n) is 4.78. The summed E-state index contributed by atoms with van der Waals surface area (Å²) in [6.07, 6.45) is 1.51. The highest BCUT2D eigenvalue weighted by molar-refractivity contribution is 5.51. The Bertz CT molecular complexity index is 679. The van der Waals surface area contributed by atoms with Gasteiger partial charge in [0.15, 0.2) is 0 Å². The number of nitrogens with zero attached hydrogens (tertiary/aromatic N) is 1. The molecule has 128 valence electrons. The molecule has 0 aliphatic carbocycles. The minimum atomic E-state index is -0.185. The molecule has 0 amide bonds. The standard InChI is InChI=1S/C20H25FN2O/c1-14-3-6-17(13-20(14)21)22-15(2)16-4-7-18(8-5-16)23-11-9-19(24)10-12-23/h3-8,13,15,19,22,24H,9-12H2,1-2H3. The average Bonchev–Trinajstić information content (AvgIpc) is 2.59. The second kappa shape index (κ2) is 7.22. The van der Waals surface area contributed by atoms with Crippen LogP contribution in [0.25, 0.3) is 0 Å². The van der Waals surface area contributed by atoms with Gasteiger partial charge in [0.25, 0.3) is 0 Å². The van der Waals surface area contributed by atoms with Crippen LogP contribution in [0.3, 0.4) is 0 Å². The number of hydrogen-bond acceptors (Lipinski definition) is 3. The van der Waals surface area contributed by atoms with E-state index in [-0.39, 0.29) is 18.0 Å². The molecule has 1 aliphatic rings. The highest BCUT2D eigenvalue weighted by atomic mass is 19.1. The number of aliphatic hydroxyl groups is 1. The molecule has 0 spiro atoms. The van der Waals surface area contributed by atoms with E-state index in [4.69, 9.17) is 0 Å². The van der Waals surface area contributed by atoms with Gasteiger partial charge in [-0.3, -0.25) is 0 Å². The van der Waals surface area contributed by atoms with Gasteiger partial charge in [0.05, 0.1) is 6.10 Å². The number of rotatable bonds is 4. The van der Waals surface area contributed by atoms with Gasteiger partial charge < -0.3 is 15.3 Å². The number of aryl methyl sites for hydroxylation is 1. The topological polar surface area (TPSA) is 35.5 Å². The number of nitrogens with one attached hydrogen (secondary N) is 1. The number of halogens is 1. The van der Waals surface area contributed by atoms with Gasteiger partial charge in [-0.15, -0.1) is 0 Å². The molecule has 1 heterocycles. The van der Waals surface area contributed by atoms with Crippen molar-refractivity contribution >= 4 is 11.4 Å². The molecular formula is C20H25FN2O. The number of piperidine rings is 1. The fourth-order valence-electron chi connectivity index (χ4n) is 3.11. The van der Waals surface area contributed by atoms with Gasteiger partial charge in [0.1, 0.15) is 5.82 Å². The summed E-state index contributed by atoms with van der Waals surface area (Å²) in [4.78, 5) is 2.31. The molecular weight excluding hydrogens is 303 g/mol. The molecule has 3 nitrogen and oxygen atoms in total. The van der Waals surface area contributed by atoms with E-state index < -0.39 is 0 Å². The monoisotopic (exact) mass is 328 g/mol. The Labute approximate surface area is 143 Å². The minimum Gasteiger partial charge on any atom is -0.393 e. The van der Waals surface area contributed by atoms with Crippen LogP contribution < -0.4 is 10.2 Å². The predicted molar refractivity (Wildman–Crippen MR) is 97.1 cm³/mol. The lowest BCUT2D eigenvalue weighted by atomic mass is 10.0. The van der Waals surface area contributed by atoms with Crippen molar-refractivity contribution in [2.24, 2.45) is 0 Å². The van der Waals surface area contributed by atoms with E-state index in [0.29, 0.717) is 5.56 Å². The molecule has 1 saturated heterocycles. The van der Waals surface area contributed by atoms with Crippen LogP contribution in [0, 0.1) is 12.7 Å². The normalized spacial score (nSPS) is 16.9. The first-order valence-corrected chi connectivity index (χ1v) is 8.58. The molecule has 0 saturated carbocycles.